The van der Waals surface area contributed by atoms with Crippen molar-refractivity contribution in [1.82, 2.24) is 0 Å². The normalized spacial score (nSPS) is 10.2. The summed E-state index contributed by atoms with van der Waals surface area (Å²) in [6.07, 6.45) is 0.794. The van der Waals surface area contributed by atoms with Gasteiger partial charge in [0.1, 0.15) is 12.4 Å². The predicted octanol–water partition coefficient (Wildman–Crippen LogP) is 5.18. The van der Waals surface area contributed by atoms with E-state index >= 15 is 0 Å². The lowest BCUT2D eigenvalue weighted by atomic mass is 10.1. The molecule has 0 unspecified atom stereocenters. The lowest BCUT2D eigenvalue weighted by Gasteiger charge is -2.14. The van der Waals surface area contributed by atoms with Crippen LogP contribution in [0, 0.1) is 6.92 Å². The van der Waals surface area contributed by atoms with Gasteiger partial charge in [-0.25, -0.2) is 0 Å². The molecule has 0 fully saturated rings. The SMILES string of the molecule is Cc1ccc(C=O)c(Oc2ccccc2OCc2ccccc2)c1. The molecule has 0 aliphatic heterocycles. The van der Waals surface area contributed by atoms with E-state index < -0.39 is 0 Å². The Hall–Kier alpha value is -3.07. The van der Waals surface area contributed by atoms with Crippen LogP contribution in [0.25, 0.3) is 0 Å². The van der Waals surface area contributed by atoms with Gasteiger partial charge in [-0.05, 0) is 42.3 Å². The Balaban J connectivity index is 1.82. The maximum Gasteiger partial charge on any atom is 0.169 e. The van der Waals surface area contributed by atoms with Crippen LogP contribution >= 0.6 is 0 Å². The van der Waals surface area contributed by atoms with Gasteiger partial charge in [-0.1, -0.05) is 48.5 Å². The first-order valence-electron chi connectivity index (χ1n) is 7.76. The van der Waals surface area contributed by atoms with Crippen molar-refractivity contribution in [1.29, 1.82) is 0 Å². The van der Waals surface area contributed by atoms with Crippen LogP contribution in [0.5, 0.6) is 17.2 Å². The van der Waals surface area contributed by atoms with E-state index in [1.165, 1.54) is 0 Å². The molecule has 0 amide bonds. The van der Waals surface area contributed by atoms with E-state index in [1.54, 1.807) is 6.07 Å². The molecule has 120 valence electrons. The topological polar surface area (TPSA) is 35.5 Å². The second-order valence-corrected chi connectivity index (χ2v) is 5.48. The fourth-order valence-electron chi connectivity index (χ4n) is 2.33. The van der Waals surface area contributed by atoms with Gasteiger partial charge in [0.2, 0.25) is 0 Å². The summed E-state index contributed by atoms with van der Waals surface area (Å²) >= 11 is 0. The average molecular weight is 318 g/mol. The van der Waals surface area contributed by atoms with E-state index in [0.29, 0.717) is 29.4 Å². The third-order valence-electron chi connectivity index (χ3n) is 3.60. The van der Waals surface area contributed by atoms with Crippen LogP contribution in [0.3, 0.4) is 0 Å². The number of rotatable bonds is 6. The summed E-state index contributed by atoms with van der Waals surface area (Å²) in [5.41, 5.74) is 2.62. The van der Waals surface area contributed by atoms with Crippen LogP contribution in [0.4, 0.5) is 0 Å². The predicted molar refractivity (Wildman–Crippen MR) is 93.9 cm³/mol. The van der Waals surface area contributed by atoms with E-state index in [4.69, 9.17) is 9.47 Å². The van der Waals surface area contributed by atoms with Gasteiger partial charge in [-0.3, -0.25) is 4.79 Å². The molecule has 3 heteroatoms. The first-order chi connectivity index (χ1) is 11.8. The lowest BCUT2D eigenvalue weighted by Crippen LogP contribution is -1.98. The molecule has 0 spiro atoms. The highest BCUT2D eigenvalue weighted by Gasteiger charge is 2.09. The quantitative estimate of drug-likeness (QED) is 0.588. The maximum atomic E-state index is 11.2. The minimum atomic E-state index is 0.454. The van der Waals surface area contributed by atoms with Crippen LogP contribution in [0.2, 0.25) is 0 Å². The Morgan fingerprint density at radius 2 is 1.54 bits per heavy atom. The smallest absolute Gasteiger partial charge is 0.169 e. The van der Waals surface area contributed by atoms with Crippen molar-refractivity contribution < 1.29 is 14.3 Å². The van der Waals surface area contributed by atoms with Gasteiger partial charge in [0.05, 0.1) is 5.56 Å². The molecule has 3 rings (SSSR count). The lowest BCUT2D eigenvalue weighted by molar-refractivity contribution is 0.112. The molecule has 0 N–H and O–H groups in total. The van der Waals surface area contributed by atoms with E-state index in [2.05, 4.69) is 0 Å². The Bertz CT molecular complexity index is 825. The fraction of sp³-hybridized carbons (Fsp3) is 0.0952. The molecule has 0 atom stereocenters. The molecule has 0 aliphatic carbocycles. The monoisotopic (exact) mass is 318 g/mol. The highest BCUT2D eigenvalue weighted by Crippen LogP contribution is 2.33. The maximum absolute atomic E-state index is 11.2. The molecule has 0 aliphatic rings. The number of carbonyl (C=O) groups excluding carboxylic acids is 1. The summed E-state index contributed by atoms with van der Waals surface area (Å²) < 4.78 is 11.8. The molecular formula is C21H18O3. The van der Waals surface area contributed by atoms with Gasteiger partial charge < -0.3 is 9.47 Å². The zero-order chi connectivity index (χ0) is 16.8. The summed E-state index contributed by atoms with van der Waals surface area (Å²) in [4.78, 5) is 11.2. The Morgan fingerprint density at radius 1 is 0.833 bits per heavy atom. The number of hydrogen-bond donors (Lipinski definition) is 0. The molecule has 0 heterocycles. The first-order valence-corrected chi connectivity index (χ1v) is 7.76. The molecule has 0 bridgehead atoms. The summed E-state index contributed by atoms with van der Waals surface area (Å²) in [7, 11) is 0. The highest BCUT2D eigenvalue weighted by atomic mass is 16.5. The number of benzene rings is 3. The zero-order valence-electron chi connectivity index (χ0n) is 13.4. The summed E-state index contributed by atoms with van der Waals surface area (Å²) in [6, 6.07) is 22.9. The molecule has 0 aromatic heterocycles. The number of para-hydroxylation sites is 2. The van der Waals surface area contributed by atoms with Gasteiger partial charge in [0.15, 0.2) is 17.8 Å². The number of carbonyl (C=O) groups is 1. The van der Waals surface area contributed by atoms with Gasteiger partial charge in [-0.15, -0.1) is 0 Å². The minimum absolute atomic E-state index is 0.454. The van der Waals surface area contributed by atoms with Gasteiger partial charge in [0.25, 0.3) is 0 Å². The van der Waals surface area contributed by atoms with Crippen LogP contribution < -0.4 is 9.47 Å². The van der Waals surface area contributed by atoms with Crippen molar-refractivity contribution in [3.8, 4) is 17.2 Å². The largest absolute Gasteiger partial charge is 0.485 e. The zero-order valence-corrected chi connectivity index (χ0v) is 13.4. The van der Waals surface area contributed by atoms with Crippen molar-refractivity contribution >= 4 is 6.29 Å². The van der Waals surface area contributed by atoms with Crippen molar-refractivity contribution in [3.63, 3.8) is 0 Å². The second kappa shape index (κ2) is 7.47. The summed E-state index contributed by atoms with van der Waals surface area (Å²) in [5, 5.41) is 0. The van der Waals surface area contributed by atoms with Crippen LogP contribution in [0.15, 0.2) is 72.8 Å². The Kier molecular flexibility index (Phi) is 4.92. The van der Waals surface area contributed by atoms with Crippen molar-refractivity contribution in [2.24, 2.45) is 0 Å². The highest BCUT2D eigenvalue weighted by molar-refractivity contribution is 5.79. The number of aryl methyl sites for hydroxylation is 1. The van der Waals surface area contributed by atoms with Gasteiger partial charge in [0, 0.05) is 0 Å². The molecule has 0 saturated heterocycles. The molecule has 3 aromatic carbocycles. The van der Waals surface area contributed by atoms with Gasteiger partial charge in [-0.2, -0.15) is 0 Å². The molecule has 0 radical (unpaired) electrons. The van der Waals surface area contributed by atoms with Crippen molar-refractivity contribution in [2.75, 3.05) is 0 Å². The first kappa shape index (κ1) is 15.8. The Labute approximate surface area is 141 Å². The molecular weight excluding hydrogens is 300 g/mol. The van der Waals surface area contributed by atoms with Crippen molar-refractivity contribution in [3.05, 3.63) is 89.5 Å². The van der Waals surface area contributed by atoms with Crippen LogP contribution in [0.1, 0.15) is 21.5 Å². The Morgan fingerprint density at radius 3 is 2.29 bits per heavy atom. The molecule has 24 heavy (non-hydrogen) atoms. The summed E-state index contributed by atoms with van der Waals surface area (Å²) in [5.74, 6) is 1.75. The standard InChI is InChI=1S/C21H18O3/c1-16-11-12-18(14-22)21(13-16)24-20-10-6-5-9-19(20)23-15-17-7-3-2-4-8-17/h2-14H,15H2,1H3. The number of hydrogen-bond acceptors (Lipinski definition) is 3. The van der Waals surface area contributed by atoms with Gasteiger partial charge >= 0.3 is 0 Å². The number of ether oxygens (including phenoxy) is 2. The molecule has 3 nitrogen and oxygen atoms in total. The molecule has 0 saturated carbocycles. The van der Waals surface area contributed by atoms with E-state index in [0.717, 1.165) is 17.4 Å². The average Bonchev–Trinajstić information content (AvgIpc) is 2.62. The number of aldehydes is 1. The fourth-order valence-corrected chi connectivity index (χ4v) is 2.33. The second-order valence-electron chi connectivity index (χ2n) is 5.48. The van der Waals surface area contributed by atoms with E-state index in [1.807, 2.05) is 73.7 Å². The van der Waals surface area contributed by atoms with Crippen molar-refractivity contribution in [2.45, 2.75) is 13.5 Å². The molecule has 3 aromatic rings. The van der Waals surface area contributed by atoms with E-state index in [-0.39, 0.29) is 0 Å². The third kappa shape index (κ3) is 3.82. The van der Waals surface area contributed by atoms with E-state index in [9.17, 15) is 4.79 Å². The van der Waals surface area contributed by atoms with Crippen LogP contribution in [-0.2, 0) is 6.61 Å². The summed E-state index contributed by atoms with van der Waals surface area (Å²) in [6.45, 7) is 2.41. The minimum Gasteiger partial charge on any atom is -0.485 e. The third-order valence-corrected chi connectivity index (χ3v) is 3.60. The van der Waals surface area contributed by atoms with Crippen LogP contribution in [-0.4, -0.2) is 6.29 Å².